The molecule has 3 aromatic heterocycles. The molecule has 1 fully saturated rings. The smallest absolute Gasteiger partial charge is 0.289 e. The lowest BCUT2D eigenvalue weighted by Crippen LogP contribution is -2.49. The molecule has 0 spiro atoms. The van der Waals surface area contributed by atoms with Gasteiger partial charge in [-0.3, -0.25) is 9.59 Å². The summed E-state index contributed by atoms with van der Waals surface area (Å²) in [7, 11) is 0. The van der Waals surface area contributed by atoms with E-state index in [1.165, 1.54) is 6.26 Å². The van der Waals surface area contributed by atoms with Crippen LogP contribution in [0.3, 0.4) is 0 Å². The van der Waals surface area contributed by atoms with Crippen LogP contribution in [0.4, 0.5) is 0 Å². The van der Waals surface area contributed by atoms with Gasteiger partial charge < -0.3 is 18.3 Å². The van der Waals surface area contributed by atoms with Crippen LogP contribution in [0.2, 0.25) is 0 Å². The zero-order chi connectivity index (χ0) is 17.7. The van der Waals surface area contributed by atoms with E-state index in [1.54, 1.807) is 24.5 Å². The lowest BCUT2D eigenvalue weighted by atomic mass is 9.81. The second-order valence-electron chi connectivity index (χ2n) is 7.04. The van der Waals surface area contributed by atoms with Crippen LogP contribution in [0, 0.1) is 5.92 Å². The number of likely N-dealkylation sites (tertiary alicyclic amines) is 1. The average molecular weight is 350 g/mol. The van der Waals surface area contributed by atoms with Crippen molar-refractivity contribution in [2.24, 2.45) is 5.92 Å². The molecule has 26 heavy (non-hydrogen) atoms. The fourth-order valence-corrected chi connectivity index (χ4v) is 4.38. The first-order valence-corrected chi connectivity index (χ1v) is 8.81. The lowest BCUT2D eigenvalue weighted by Gasteiger charge is -2.43. The Bertz CT molecular complexity index is 1000. The molecule has 5 rings (SSSR count). The van der Waals surface area contributed by atoms with Crippen molar-refractivity contribution in [1.82, 2.24) is 9.47 Å². The number of hydrogen-bond acceptors (Lipinski definition) is 4. The van der Waals surface area contributed by atoms with Gasteiger partial charge in [0.1, 0.15) is 5.76 Å². The molecule has 1 amide bonds. The number of furan rings is 2. The van der Waals surface area contributed by atoms with E-state index < -0.39 is 0 Å². The van der Waals surface area contributed by atoms with Crippen LogP contribution in [0.15, 0.2) is 62.6 Å². The summed E-state index contributed by atoms with van der Waals surface area (Å²) in [5.74, 6) is 1.40. The predicted octanol–water partition coefficient (Wildman–Crippen LogP) is 2.96. The van der Waals surface area contributed by atoms with Crippen molar-refractivity contribution < 1.29 is 13.6 Å². The number of aromatic nitrogens is 1. The molecule has 2 aliphatic rings. The molecule has 2 bridgehead atoms. The largest absolute Gasteiger partial charge is 0.464 e. The molecular weight excluding hydrogens is 332 g/mol. The third-order valence-electron chi connectivity index (χ3n) is 5.40. The summed E-state index contributed by atoms with van der Waals surface area (Å²) >= 11 is 0. The van der Waals surface area contributed by atoms with E-state index in [0.717, 1.165) is 23.4 Å². The van der Waals surface area contributed by atoms with E-state index in [4.69, 9.17) is 8.83 Å². The van der Waals surface area contributed by atoms with Crippen molar-refractivity contribution >= 4 is 5.91 Å². The third kappa shape index (κ3) is 2.33. The zero-order valence-electron chi connectivity index (χ0n) is 14.1. The van der Waals surface area contributed by atoms with Gasteiger partial charge in [0.15, 0.2) is 5.76 Å². The predicted molar refractivity (Wildman–Crippen MR) is 93.9 cm³/mol. The van der Waals surface area contributed by atoms with Crippen LogP contribution in [-0.4, -0.2) is 28.5 Å². The summed E-state index contributed by atoms with van der Waals surface area (Å²) in [6.07, 6.45) is 4.12. The molecule has 5 heterocycles. The van der Waals surface area contributed by atoms with Crippen molar-refractivity contribution in [3.05, 3.63) is 70.7 Å². The van der Waals surface area contributed by atoms with E-state index in [-0.39, 0.29) is 23.3 Å². The van der Waals surface area contributed by atoms with E-state index >= 15 is 0 Å². The van der Waals surface area contributed by atoms with Crippen molar-refractivity contribution in [3.63, 3.8) is 0 Å². The number of pyridine rings is 1. The molecule has 0 unspecified atom stereocenters. The molecule has 2 aliphatic heterocycles. The normalized spacial score (nSPS) is 21.5. The number of piperidine rings is 1. The SMILES string of the molecule is O=C(c1ccco1)N1C[C@@H]2C[C@@H](C1)c1c(-c3ccco3)ccc(=O)n1C2. The summed E-state index contributed by atoms with van der Waals surface area (Å²) in [4.78, 5) is 27.0. The first-order valence-electron chi connectivity index (χ1n) is 8.81. The molecule has 2 atom stereocenters. The van der Waals surface area contributed by atoms with E-state index in [9.17, 15) is 9.59 Å². The number of rotatable bonds is 2. The maximum Gasteiger partial charge on any atom is 0.289 e. The van der Waals surface area contributed by atoms with Gasteiger partial charge in [-0.15, -0.1) is 0 Å². The van der Waals surface area contributed by atoms with E-state index in [1.807, 2.05) is 27.7 Å². The highest BCUT2D eigenvalue weighted by molar-refractivity contribution is 5.91. The number of carbonyl (C=O) groups excluding carboxylic acids is 1. The molecule has 0 aromatic carbocycles. The first-order chi connectivity index (χ1) is 12.7. The van der Waals surface area contributed by atoms with Gasteiger partial charge >= 0.3 is 0 Å². The monoisotopic (exact) mass is 350 g/mol. The number of hydrogen-bond donors (Lipinski definition) is 0. The fraction of sp³-hybridized carbons (Fsp3) is 0.300. The summed E-state index contributed by atoms with van der Waals surface area (Å²) in [5, 5.41) is 0. The van der Waals surface area contributed by atoms with Gasteiger partial charge in [-0.25, -0.2) is 0 Å². The zero-order valence-corrected chi connectivity index (χ0v) is 14.1. The maximum atomic E-state index is 12.7. The summed E-state index contributed by atoms with van der Waals surface area (Å²) in [6.45, 7) is 1.85. The maximum absolute atomic E-state index is 12.7. The van der Waals surface area contributed by atoms with E-state index in [2.05, 4.69) is 0 Å². The fourth-order valence-electron chi connectivity index (χ4n) is 4.38. The number of fused-ring (bicyclic) bond motifs is 4. The molecule has 1 saturated heterocycles. The molecule has 132 valence electrons. The van der Waals surface area contributed by atoms with Gasteiger partial charge in [0.2, 0.25) is 0 Å². The Morgan fingerprint density at radius 1 is 1.00 bits per heavy atom. The Labute approximate surface area is 149 Å². The number of carbonyl (C=O) groups is 1. The summed E-state index contributed by atoms with van der Waals surface area (Å²) < 4.78 is 12.7. The van der Waals surface area contributed by atoms with Gasteiger partial charge in [0, 0.05) is 42.9 Å². The topological polar surface area (TPSA) is 68.6 Å². The summed E-state index contributed by atoms with van der Waals surface area (Å²) in [6, 6.07) is 10.6. The standard InChI is InChI=1S/C20H18N2O4/c23-18-6-5-15(16-3-1-7-25-16)19-14-9-13(11-22(18)19)10-21(12-14)20(24)17-4-2-8-26-17/h1-8,13-14H,9-12H2/t13-,14-/m0/s1. The van der Waals surface area contributed by atoms with Crippen molar-refractivity contribution in [2.45, 2.75) is 18.9 Å². The summed E-state index contributed by atoms with van der Waals surface area (Å²) in [5.41, 5.74) is 1.92. The van der Waals surface area contributed by atoms with Crippen LogP contribution in [0.25, 0.3) is 11.3 Å². The Balaban J connectivity index is 1.56. The number of amides is 1. The molecule has 0 radical (unpaired) electrons. The third-order valence-corrected chi connectivity index (χ3v) is 5.40. The van der Waals surface area contributed by atoms with Gasteiger partial charge in [-0.2, -0.15) is 0 Å². The van der Waals surface area contributed by atoms with Crippen LogP contribution in [0.1, 0.15) is 28.6 Å². The molecule has 6 heteroatoms. The molecule has 0 N–H and O–H groups in total. The molecular formula is C20H18N2O4. The second kappa shape index (κ2) is 5.76. The lowest BCUT2D eigenvalue weighted by molar-refractivity contribution is 0.0564. The van der Waals surface area contributed by atoms with Crippen LogP contribution in [-0.2, 0) is 6.54 Å². The molecule has 0 aliphatic carbocycles. The van der Waals surface area contributed by atoms with E-state index in [0.29, 0.717) is 25.4 Å². The van der Waals surface area contributed by atoms with Crippen LogP contribution in [0.5, 0.6) is 0 Å². The Kier molecular flexibility index (Phi) is 3.38. The van der Waals surface area contributed by atoms with Crippen LogP contribution < -0.4 is 5.56 Å². The second-order valence-corrected chi connectivity index (χ2v) is 7.04. The Morgan fingerprint density at radius 2 is 1.85 bits per heavy atom. The van der Waals surface area contributed by atoms with Gasteiger partial charge in [-0.1, -0.05) is 0 Å². The Hall–Kier alpha value is -3.02. The minimum absolute atomic E-state index is 0.0100. The Morgan fingerprint density at radius 3 is 2.62 bits per heavy atom. The van der Waals surface area contributed by atoms with Gasteiger partial charge in [0.05, 0.1) is 12.5 Å². The highest BCUT2D eigenvalue weighted by Crippen LogP contribution is 2.40. The molecule has 6 nitrogen and oxygen atoms in total. The average Bonchev–Trinajstić information content (AvgIpc) is 3.35. The highest BCUT2D eigenvalue weighted by Gasteiger charge is 2.38. The van der Waals surface area contributed by atoms with Crippen molar-refractivity contribution in [2.75, 3.05) is 13.1 Å². The minimum Gasteiger partial charge on any atom is -0.464 e. The number of nitrogens with zero attached hydrogens (tertiary/aromatic N) is 2. The highest BCUT2D eigenvalue weighted by atomic mass is 16.3. The van der Waals surface area contributed by atoms with Crippen molar-refractivity contribution in [3.8, 4) is 11.3 Å². The van der Waals surface area contributed by atoms with Gasteiger partial charge in [0.25, 0.3) is 11.5 Å². The first kappa shape index (κ1) is 15.3. The molecule has 3 aromatic rings. The quantitative estimate of drug-likeness (QED) is 0.713. The molecule has 0 saturated carbocycles. The van der Waals surface area contributed by atoms with Crippen LogP contribution >= 0.6 is 0 Å². The van der Waals surface area contributed by atoms with Gasteiger partial charge in [-0.05, 0) is 42.7 Å². The van der Waals surface area contributed by atoms with Crippen molar-refractivity contribution in [1.29, 1.82) is 0 Å². The minimum atomic E-state index is -0.0871.